The number of methoxy groups -OCH3 is 1. The van der Waals surface area contributed by atoms with Gasteiger partial charge in [-0.2, -0.15) is 0 Å². The average Bonchev–Trinajstić information content (AvgIpc) is 2.80. The monoisotopic (exact) mass is 310 g/mol. The van der Waals surface area contributed by atoms with Crippen LogP contribution in [0.25, 0.3) is 5.57 Å². The Kier molecular flexibility index (Phi) is 3.80. The number of aliphatic hydroxyl groups is 1. The fraction of sp³-hybridized carbons (Fsp3) is 0.118. The van der Waals surface area contributed by atoms with Gasteiger partial charge in [0.2, 0.25) is 0 Å². The third kappa shape index (κ3) is 2.66. The lowest BCUT2D eigenvalue weighted by Gasteiger charge is -2.14. The summed E-state index contributed by atoms with van der Waals surface area (Å²) in [7, 11) is 1.53. The van der Waals surface area contributed by atoms with Crippen LogP contribution in [0.3, 0.4) is 0 Å². The normalized spacial score (nSPS) is 14.6. The average molecular weight is 310 g/mol. The maximum atomic E-state index is 12.5. The van der Waals surface area contributed by atoms with Gasteiger partial charge in [0.05, 0.1) is 19.2 Å². The molecule has 0 unspecified atom stereocenters. The summed E-state index contributed by atoms with van der Waals surface area (Å²) in [6, 6.07) is 10.0. The zero-order chi connectivity index (χ0) is 16.4. The van der Waals surface area contributed by atoms with Crippen LogP contribution in [-0.2, 0) is 16.1 Å². The molecule has 0 saturated heterocycles. The Hall–Kier alpha value is -3.15. The molecule has 116 valence electrons. The van der Waals surface area contributed by atoms with Crippen LogP contribution in [-0.4, -0.2) is 33.9 Å². The molecule has 2 aromatic rings. The van der Waals surface area contributed by atoms with Gasteiger partial charge in [-0.05, 0) is 35.4 Å². The van der Waals surface area contributed by atoms with Crippen molar-refractivity contribution in [2.24, 2.45) is 0 Å². The fourth-order valence-electron chi connectivity index (χ4n) is 2.40. The minimum absolute atomic E-state index is 0.00621. The van der Waals surface area contributed by atoms with Crippen molar-refractivity contribution >= 4 is 17.4 Å². The second-order valence-corrected chi connectivity index (χ2v) is 5.00. The quantitative estimate of drug-likeness (QED) is 0.873. The first-order valence-corrected chi connectivity index (χ1v) is 6.94. The molecule has 6 heteroatoms. The summed E-state index contributed by atoms with van der Waals surface area (Å²) in [6.07, 6.45) is 3.16. The van der Waals surface area contributed by atoms with Crippen LogP contribution in [0.15, 0.2) is 54.6 Å². The van der Waals surface area contributed by atoms with Gasteiger partial charge < -0.3 is 9.84 Å². The van der Waals surface area contributed by atoms with Gasteiger partial charge in [0.15, 0.2) is 5.76 Å². The fourth-order valence-corrected chi connectivity index (χ4v) is 2.40. The van der Waals surface area contributed by atoms with Crippen molar-refractivity contribution in [1.82, 2.24) is 9.88 Å². The van der Waals surface area contributed by atoms with E-state index in [1.54, 1.807) is 48.8 Å². The summed E-state index contributed by atoms with van der Waals surface area (Å²) >= 11 is 0. The molecule has 1 aliphatic rings. The first kappa shape index (κ1) is 14.8. The Morgan fingerprint density at radius 3 is 2.30 bits per heavy atom. The molecule has 3 rings (SSSR count). The van der Waals surface area contributed by atoms with Gasteiger partial charge in [-0.15, -0.1) is 0 Å². The Balaban J connectivity index is 1.89. The van der Waals surface area contributed by atoms with Crippen molar-refractivity contribution in [1.29, 1.82) is 0 Å². The summed E-state index contributed by atoms with van der Waals surface area (Å²) in [5.41, 5.74) is 1.23. The van der Waals surface area contributed by atoms with Crippen molar-refractivity contribution in [3.8, 4) is 5.75 Å². The highest BCUT2D eigenvalue weighted by molar-refractivity contribution is 6.34. The van der Waals surface area contributed by atoms with Crippen LogP contribution in [0, 0.1) is 0 Å². The van der Waals surface area contributed by atoms with Crippen LogP contribution < -0.4 is 4.74 Å². The SMILES string of the molecule is COc1ccc(C2=C(O)C(=O)N(Cc3ccncc3)C2=O)cc1. The second kappa shape index (κ2) is 5.92. The lowest BCUT2D eigenvalue weighted by atomic mass is 10.1. The first-order chi connectivity index (χ1) is 11.1. The zero-order valence-corrected chi connectivity index (χ0v) is 12.4. The van der Waals surface area contributed by atoms with Gasteiger partial charge in [-0.25, -0.2) is 0 Å². The maximum Gasteiger partial charge on any atom is 0.296 e. The van der Waals surface area contributed by atoms with Crippen LogP contribution in [0.1, 0.15) is 11.1 Å². The van der Waals surface area contributed by atoms with E-state index in [4.69, 9.17) is 4.74 Å². The number of benzene rings is 1. The lowest BCUT2D eigenvalue weighted by Crippen LogP contribution is -2.31. The summed E-state index contributed by atoms with van der Waals surface area (Å²) in [4.78, 5) is 29.6. The Morgan fingerprint density at radius 1 is 1.04 bits per heavy atom. The van der Waals surface area contributed by atoms with Gasteiger partial charge >= 0.3 is 0 Å². The smallest absolute Gasteiger partial charge is 0.296 e. The van der Waals surface area contributed by atoms with E-state index in [9.17, 15) is 14.7 Å². The number of pyridine rings is 1. The molecule has 0 bridgehead atoms. The molecule has 6 nitrogen and oxygen atoms in total. The van der Waals surface area contributed by atoms with Crippen molar-refractivity contribution in [2.75, 3.05) is 7.11 Å². The van der Waals surface area contributed by atoms with Crippen LogP contribution in [0.4, 0.5) is 0 Å². The van der Waals surface area contributed by atoms with E-state index >= 15 is 0 Å². The molecule has 1 aromatic heterocycles. The van der Waals surface area contributed by atoms with Gasteiger partial charge in [0, 0.05) is 12.4 Å². The van der Waals surface area contributed by atoms with Gasteiger partial charge in [0.1, 0.15) is 5.75 Å². The van der Waals surface area contributed by atoms with Gasteiger partial charge in [0.25, 0.3) is 11.8 Å². The molecule has 0 spiro atoms. The number of hydrogen-bond acceptors (Lipinski definition) is 5. The second-order valence-electron chi connectivity index (χ2n) is 5.00. The number of rotatable bonds is 4. The standard InChI is InChI=1S/C17H14N2O4/c1-23-13-4-2-12(3-5-13)14-15(20)17(22)19(16(14)21)10-11-6-8-18-9-7-11/h2-9,20H,10H2,1H3. The molecular weight excluding hydrogens is 296 g/mol. The molecule has 1 N–H and O–H groups in total. The molecule has 2 heterocycles. The van der Waals surface area contributed by atoms with Gasteiger partial charge in [-0.1, -0.05) is 12.1 Å². The Labute approximate surface area is 132 Å². The topological polar surface area (TPSA) is 79.7 Å². The maximum absolute atomic E-state index is 12.5. The van der Waals surface area contributed by atoms with E-state index in [1.807, 2.05) is 0 Å². The molecule has 23 heavy (non-hydrogen) atoms. The third-order valence-corrected chi connectivity index (χ3v) is 3.61. The molecule has 2 amide bonds. The van der Waals surface area contributed by atoms with Crippen molar-refractivity contribution in [3.05, 3.63) is 65.7 Å². The van der Waals surface area contributed by atoms with Gasteiger partial charge in [-0.3, -0.25) is 19.5 Å². The lowest BCUT2D eigenvalue weighted by molar-refractivity contribution is -0.138. The molecule has 0 saturated carbocycles. The van der Waals surface area contributed by atoms with Crippen molar-refractivity contribution < 1.29 is 19.4 Å². The summed E-state index contributed by atoms with van der Waals surface area (Å²) in [5.74, 6) is -1.12. The molecule has 0 radical (unpaired) electrons. The number of hydrogen-bond donors (Lipinski definition) is 1. The van der Waals surface area contributed by atoms with Crippen LogP contribution >= 0.6 is 0 Å². The molecule has 1 aliphatic heterocycles. The number of carbonyl (C=O) groups excluding carboxylic acids is 2. The third-order valence-electron chi connectivity index (χ3n) is 3.61. The summed E-state index contributed by atoms with van der Waals surface area (Å²) in [6.45, 7) is 0.0872. The number of ether oxygens (including phenoxy) is 1. The number of amides is 2. The van der Waals surface area contributed by atoms with Crippen LogP contribution in [0.2, 0.25) is 0 Å². The zero-order valence-electron chi connectivity index (χ0n) is 12.4. The first-order valence-electron chi connectivity index (χ1n) is 6.94. The summed E-state index contributed by atoms with van der Waals surface area (Å²) in [5, 5.41) is 10.1. The predicted molar refractivity (Wildman–Crippen MR) is 82.3 cm³/mol. The highest BCUT2D eigenvalue weighted by Crippen LogP contribution is 2.30. The van der Waals surface area contributed by atoms with Crippen molar-refractivity contribution in [2.45, 2.75) is 6.54 Å². The molecule has 0 aliphatic carbocycles. The highest BCUT2D eigenvalue weighted by Gasteiger charge is 2.39. The van der Waals surface area contributed by atoms with E-state index in [-0.39, 0.29) is 12.1 Å². The molecular formula is C17H14N2O4. The number of carbonyl (C=O) groups is 2. The largest absolute Gasteiger partial charge is 0.502 e. The minimum Gasteiger partial charge on any atom is -0.502 e. The Bertz CT molecular complexity index is 782. The molecule has 0 atom stereocenters. The predicted octanol–water partition coefficient (Wildman–Crippen LogP) is 1.93. The Morgan fingerprint density at radius 2 is 1.70 bits per heavy atom. The minimum atomic E-state index is -0.697. The summed E-state index contributed by atoms with van der Waals surface area (Å²) < 4.78 is 5.06. The van der Waals surface area contributed by atoms with E-state index < -0.39 is 17.6 Å². The number of nitrogens with zero attached hydrogens (tertiary/aromatic N) is 2. The van der Waals surface area contributed by atoms with E-state index in [0.29, 0.717) is 11.3 Å². The van der Waals surface area contributed by atoms with E-state index in [0.717, 1.165) is 10.5 Å². The van der Waals surface area contributed by atoms with E-state index in [1.165, 1.54) is 7.11 Å². The molecule has 1 aromatic carbocycles. The van der Waals surface area contributed by atoms with E-state index in [2.05, 4.69) is 4.98 Å². The number of imide groups is 1. The highest BCUT2D eigenvalue weighted by atomic mass is 16.5. The number of aromatic nitrogens is 1. The van der Waals surface area contributed by atoms with Crippen LogP contribution in [0.5, 0.6) is 5.75 Å². The molecule has 0 fully saturated rings. The number of aliphatic hydroxyl groups excluding tert-OH is 1. The van der Waals surface area contributed by atoms with Crippen molar-refractivity contribution in [3.63, 3.8) is 0 Å².